The summed E-state index contributed by atoms with van der Waals surface area (Å²) in [7, 11) is 3.23. The first-order valence-electron chi connectivity index (χ1n) is 9.64. The molecule has 0 spiro atoms. The molecular formula is C23H24N2O4. The van der Waals surface area contributed by atoms with E-state index < -0.39 is 0 Å². The molecule has 2 atom stereocenters. The van der Waals surface area contributed by atoms with Crippen molar-refractivity contribution >= 4 is 16.7 Å². The predicted octanol–water partition coefficient (Wildman–Crippen LogP) is 3.44. The van der Waals surface area contributed by atoms with Crippen molar-refractivity contribution < 1.29 is 19.0 Å². The van der Waals surface area contributed by atoms with Crippen LogP contribution >= 0.6 is 0 Å². The van der Waals surface area contributed by atoms with E-state index in [2.05, 4.69) is 10.3 Å². The zero-order valence-electron chi connectivity index (χ0n) is 16.6. The number of benzene rings is 2. The summed E-state index contributed by atoms with van der Waals surface area (Å²) in [4.78, 5) is 17.1. The van der Waals surface area contributed by atoms with Gasteiger partial charge in [-0.15, -0.1) is 0 Å². The number of carbonyl (C=O) groups is 1. The quantitative estimate of drug-likeness (QED) is 0.696. The number of aromatic nitrogens is 1. The van der Waals surface area contributed by atoms with Crippen LogP contribution < -0.4 is 14.8 Å². The minimum Gasteiger partial charge on any atom is -0.497 e. The van der Waals surface area contributed by atoms with Gasteiger partial charge in [0.2, 0.25) is 11.8 Å². The number of hydrogen-bond donors (Lipinski definition) is 1. The van der Waals surface area contributed by atoms with E-state index in [1.165, 1.54) is 0 Å². The molecule has 29 heavy (non-hydrogen) atoms. The maximum absolute atomic E-state index is 12.8. The molecule has 1 N–H and O–H groups in total. The number of carbonyl (C=O) groups excluding carboxylic acids is 1. The molecular weight excluding hydrogens is 368 g/mol. The molecule has 0 unspecified atom stereocenters. The molecule has 0 bridgehead atoms. The lowest BCUT2D eigenvalue weighted by Gasteiger charge is -2.20. The Balaban J connectivity index is 1.48. The van der Waals surface area contributed by atoms with Gasteiger partial charge >= 0.3 is 0 Å². The van der Waals surface area contributed by atoms with Crippen LogP contribution in [0.2, 0.25) is 0 Å². The molecule has 1 amide bonds. The normalized spacial score (nSPS) is 18.6. The van der Waals surface area contributed by atoms with Gasteiger partial charge in [0, 0.05) is 24.4 Å². The molecule has 0 aliphatic carbocycles. The van der Waals surface area contributed by atoms with Crippen LogP contribution in [-0.2, 0) is 16.0 Å². The molecule has 1 aliphatic rings. The van der Waals surface area contributed by atoms with Gasteiger partial charge in [-0.1, -0.05) is 24.3 Å². The molecule has 0 saturated carbocycles. The van der Waals surface area contributed by atoms with Gasteiger partial charge in [0.25, 0.3) is 0 Å². The summed E-state index contributed by atoms with van der Waals surface area (Å²) in [5.74, 6) is 1.31. The fourth-order valence-electron chi connectivity index (χ4n) is 3.78. The van der Waals surface area contributed by atoms with E-state index in [0.717, 1.165) is 34.1 Å². The molecule has 1 aromatic heterocycles. The largest absolute Gasteiger partial charge is 0.497 e. The highest BCUT2D eigenvalue weighted by atomic mass is 16.5. The van der Waals surface area contributed by atoms with E-state index in [4.69, 9.17) is 14.2 Å². The number of pyridine rings is 1. The number of fused-ring (bicyclic) bond motifs is 1. The molecule has 6 heteroatoms. The van der Waals surface area contributed by atoms with E-state index in [1.54, 1.807) is 26.5 Å². The molecule has 3 aromatic rings. The van der Waals surface area contributed by atoms with Crippen LogP contribution in [0.25, 0.3) is 10.8 Å². The van der Waals surface area contributed by atoms with Crippen LogP contribution in [0.1, 0.15) is 23.7 Å². The lowest BCUT2D eigenvalue weighted by molar-refractivity contribution is -0.121. The summed E-state index contributed by atoms with van der Waals surface area (Å²) in [6, 6.07) is 15.6. The van der Waals surface area contributed by atoms with E-state index in [-0.39, 0.29) is 18.1 Å². The van der Waals surface area contributed by atoms with Crippen LogP contribution in [0.4, 0.5) is 0 Å². The number of ether oxygens (including phenoxy) is 3. The third-order valence-electron chi connectivity index (χ3n) is 5.27. The topological polar surface area (TPSA) is 69.7 Å². The standard InChI is InChI=1S/C23H24N2O4/c1-27-18-8-6-15-4-3-5-16(19(15)13-18)12-21(26)25-20-10-11-29-23(20)17-7-9-22(28-2)24-14-17/h3-9,13-14,20,23H,10-12H2,1-2H3,(H,25,26)/t20-,23+/m0/s1. The van der Waals surface area contributed by atoms with Gasteiger partial charge in [-0.3, -0.25) is 4.79 Å². The summed E-state index contributed by atoms with van der Waals surface area (Å²) in [6.07, 6.45) is 2.61. The van der Waals surface area contributed by atoms with Gasteiger partial charge < -0.3 is 19.5 Å². The Bertz CT molecular complexity index is 1000. The van der Waals surface area contributed by atoms with Crippen LogP contribution in [0.3, 0.4) is 0 Å². The van der Waals surface area contributed by atoms with Crippen molar-refractivity contribution in [3.63, 3.8) is 0 Å². The Morgan fingerprint density at radius 3 is 2.83 bits per heavy atom. The number of amides is 1. The Morgan fingerprint density at radius 2 is 2.07 bits per heavy atom. The number of nitrogens with zero attached hydrogens (tertiary/aromatic N) is 1. The average Bonchev–Trinajstić information content (AvgIpc) is 3.21. The SMILES string of the molecule is COc1ccc2cccc(CC(=O)N[C@H]3CCO[C@@H]3c3ccc(OC)nc3)c2c1. The van der Waals surface area contributed by atoms with Gasteiger partial charge in [-0.2, -0.15) is 0 Å². The molecule has 4 rings (SSSR count). The molecule has 150 valence electrons. The van der Waals surface area contributed by atoms with E-state index in [9.17, 15) is 4.79 Å². The maximum Gasteiger partial charge on any atom is 0.224 e. The van der Waals surface area contributed by atoms with E-state index in [1.807, 2.05) is 42.5 Å². The highest BCUT2D eigenvalue weighted by Crippen LogP contribution is 2.30. The van der Waals surface area contributed by atoms with Crippen LogP contribution in [-0.4, -0.2) is 37.8 Å². The summed E-state index contributed by atoms with van der Waals surface area (Å²) in [5, 5.41) is 5.26. The third-order valence-corrected chi connectivity index (χ3v) is 5.27. The van der Waals surface area contributed by atoms with Gasteiger partial charge in [-0.25, -0.2) is 4.98 Å². The molecule has 1 fully saturated rings. The lowest BCUT2D eigenvalue weighted by atomic mass is 10.0. The van der Waals surface area contributed by atoms with Crippen LogP contribution in [0, 0.1) is 0 Å². The fourth-order valence-corrected chi connectivity index (χ4v) is 3.78. The van der Waals surface area contributed by atoms with Gasteiger partial charge in [0.15, 0.2) is 0 Å². The molecule has 2 heterocycles. The fraction of sp³-hybridized carbons (Fsp3) is 0.304. The molecule has 0 radical (unpaired) electrons. The Morgan fingerprint density at radius 1 is 1.17 bits per heavy atom. The average molecular weight is 392 g/mol. The second kappa shape index (κ2) is 8.49. The first kappa shape index (κ1) is 19.2. The number of methoxy groups -OCH3 is 2. The van der Waals surface area contributed by atoms with E-state index >= 15 is 0 Å². The maximum atomic E-state index is 12.8. The van der Waals surface area contributed by atoms with Crippen molar-refractivity contribution in [1.82, 2.24) is 10.3 Å². The number of nitrogens with one attached hydrogen (secondary N) is 1. The minimum atomic E-state index is -0.204. The van der Waals surface area contributed by atoms with Crippen molar-refractivity contribution in [2.75, 3.05) is 20.8 Å². The monoisotopic (exact) mass is 392 g/mol. The summed E-state index contributed by atoms with van der Waals surface area (Å²) >= 11 is 0. The van der Waals surface area contributed by atoms with Crippen LogP contribution in [0.15, 0.2) is 54.7 Å². The zero-order chi connectivity index (χ0) is 20.2. The first-order chi connectivity index (χ1) is 14.2. The Kier molecular flexibility index (Phi) is 5.62. The van der Waals surface area contributed by atoms with Gasteiger partial charge in [-0.05, 0) is 41.0 Å². The number of hydrogen-bond acceptors (Lipinski definition) is 5. The van der Waals surface area contributed by atoms with Gasteiger partial charge in [0.1, 0.15) is 11.9 Å². The van der Waals surface area contributed by atoms with Crippen molar-refractivity contribution in [1.29, 1.82) is 0 Å². The predicted molar refractivity (Wildman–Crippen MR) is 110 cm³/mol. The van der Waals surface area contributed by atoms with Crippen LogP contribution in [0.5, 0.6) is 11.6 Å². The summed E-state index contributed by atoms with van der Waals surface area (Å²) in [5.41, 5.74) is 1.91. The first-order valence-corrected chi connectivity index (χ1v) is 9.64. The zero-order valence-corrected chi connectivity index (χ0v) is 16.6. The minimum absolute atomic E-state index is 0.0257. The molecule has 1 saturated heterocycles. The smallest absolute Gasteiger partial charge is 0.224 e. The van der Waals surface area contributed by atoms with Crippen molar-refractivity contribution in [3.8, 4) is 11.6 Å². The van der Waals surface area contributed by atoms with Crippen molar-refractivity contribution in [2.24, 2.45) is 0 Å². The second-order valence-corrected chi connectivity index (χ2v) is 7.07. The molecule has 6 nitrogen and oxygen atoms in total. The van der Waals surface area contributed by atoms with E-state index in [0.29, 0.717) is 18.9 Å². The van der Waals surface area contributed by atoms with Crippen molar-refractivity contribution in [3.05, 3.63) is 65.9 Å². The Hall–Kier alpha value is -3.12. The molecule has 1 aliphatic heterocycles. The highest BCUT2D eigenvalue weighted by molar-refractivity contribution is 5.91. The molecule has 2 aromatic carbocycles. The Labute approximate surface area is 169 Å². The summed E-state index contributed by atoms with van der Waals surface area (Å²) < 4.78 is 16.3. The van der Waals surface area contributed by atoms with Crippen molar-refractivity contribution in [2.45, 2.75) is 25.0 Å². The number of rotatable bonds is 6. The third kappa shape index (κ3) is 4.17. The van der Waals surface area contributed by atoms with Gasteiger partial charge in [0.05, 0.1) is 26.7 Å². The summed E-state index contributed by atoms with van der Waals surface area (Å²) in [6.45, 7) is 0.604. The second-order valence-electron chi connectivity index (χ2n) is 7.07. The highest BCUT2D eigenvalue weighted by Gasteiger charge is 2.31. The lowest BCUT2D eigenvalue weighted by Crippen LogP contribution is -2.37.